The van der Waals surface area contributed by atoms with E-state index in [0.29, 0.717) is 11.1 Å². The second kappa shape index (κ2) is 4.59. The van der Waals surface area contributed by atoms with Crippen LogP contribution in [0.3, 0.4) is 0 Å². The smallest absolute Gasteiger partial charge is 0.206 e. The van der Waals surface area contributed by atoms with Crippen LogP contribution in [0.5, 0.6) is 11.5 Å². The van der Waals surface area contributed by atoms with Gasteiger partial charge < -0.3 is 10.2 Å². The highest BCUT2D eigenvalue weighted by molar-refractivity contribution is 7.91. The van der Waals surface area contributed by atoms with E-state index in [4.69, 9.17) is 0 Å². The Hall–Kier alpha value is -2.01. The van der Waals surface area contributed by atoms with Crippen molar-refractivity contribution >= 4 is 9.84 Å². The average Bonchev–Trinajstić information content (AvgIpc) is 2.36. The van der Waals surface area contributed by atoms with Crippen LogP contribution in [-0.4, -0.2) is 18.6 Å². The van der Waals surface area contributed by atoms with Gasteiger partial charge in [-0.1, -0.05) is 0 Å². The van der Waals surface area contributed by atoms with Crippen molar-refractivity contribution in [3.63, 3.8) is 0 Å². The van der Waals surface area contributed by atoms with Crippen LogP contribution in [0.1, 0.15) is 11.1 Å². The van der Waals surface area contributed by atoms with Crippen LogP contribution in [-0.2, 0) is 9.84 Å². The third kappa shape index (κ3) is 2.29. The molecule has 2 aromatic rings. The van der Waals surface area contributed by atoms with Gasteiger partial charge in [0.2, 0.25) is 9.84 Å². The summed E-state index contributed by atoms with van der Waals surface area (Å²) in [5.41, 5.74) is 1.06. The Labute approximate surface area is 111 Å². The monoisotopic (exact) mass is 278 g/mol. The maximum absolute atomic E-state index is 12.5. The quantitative estimate of drug-likeness (QED) is 0.885. The standard InChI is InChI=1S/C14H14O4S/c1-9-10(2)14(8-7-13(9)16)19(17,18)12-5-3-11(15)4-6-12/h3-8,15-16H,1-2H3. The molecule has 0 heterocycles. The Morgan fingerprint density at radius 1 is 0.842 bits per heavy atom. The van der Waals surface area contributed by atoms with Gasteiger partial charge in [0.25, 0.3) is 0 Å². The molecule has 0 fully saturated rings. The van der Waals surface area contributed by atoms with Crippen LogP contribution >= 0.6 is 0 Å². The number of hydrogen-bond acceptors (Lipinski definition) is 4. The minimum Gasteiger partial charge on any atom is -0.508 e. The van der Waals surface area contributed by atoms with Crippen molar-refractivity contribution in [3.8, 4) is 11.5 Å². The molecular weight excluding hydrogens is 264 g/mol. The average molecular weight is 278 g/mol. The van der Waals surface area contributed by atoms with Crippen molar-refractivity contribution in [3.05, 3.63) is 47.5 Å². The van der Waals surface area contributed by atoms with Gasteiger partial charge in [-0.15, -0.1) is 0 Å². The van der Waals surface area contributed by atoms with Crippen LogP contribution in [0, 0.1) is 13.8 Å². The maximum Gasteiger partial charge on any atom is 0.206 e. The summed E-state index contributed by atoms with van der Waals surface area (Å²) in [6.45, 7) is 3.32. The molecule has 19 heavy (non-hydrogen) atoms. The van der Waals surface area contributed by atoms with Gasteiger partial charge in [-0.3, -0.25) is 0 Å². The van der Waals surface area contributed by atoms with Crippen LogP contribution in [0.15, 0.2) is 46.2 Å². The number of hydrogen-bond donors (Lipinski definition) is 2. The molecule has 0 radical (unpaired) electrons. The highest BCUT2D eigenvalue weighted by atomic mass is 32.2. The number of aromatic hydroxyl groups is 2. The third-order valence-electron chi connectivity index (χ3n) is 3.15. The molecule has 2 aromatic carbocycles. The Bertz CT molecular complexity index is 716. The van der Waals surface area contributed by atoms with E-state index in [0.717, 1.165) is 0 Å². The van der Waals surface area contributed by atoms with Gasteiger partial charge in [0.05, 0.1) is 9.79 Å². The second-order valence-electron chi connectivity index (χ2n) is 4.33. The first-order valence-electron chi connectivity index (χ1n) is 5.67. The van der Waals surface area contributed by atoms with E-state index in [1.807, 2.05) is 0 Å². The lowest BCUT2D eigenvalue weighted by atomic mass is 10.1. The summed E-state index contributed by atoms with van der Waals surface area (Å²) >= 11 is 0. The van der Waals surface area contributed by atoms with Gasteiger partial charge in [0.15, 0.2) is 0 Å². The van der Waals surface area contributed by atoms with Gasteiger partial charge in [-0.05, 0) is 61.4 Å². The zero-order valence-electron chi connectivity index (χ0n) is 10.6. The van der Waals surface area contributed by atoms with E-state index in [1.54, 1.807) is 13.8 Å². The van der Waals surface area contributed by atoms with E-state index in [2.05, 4.69) is 0 Å². The first kappa shape index (κ1) is 13.4. The zero-order valence-corrected chi connectivity index (χ0v) is 11.4. The minimum absolute atomic E-state index is 0.0116. The van der Waals surface area contributed by atoms with Gasteiger partial charge >= 0.3 is 0 Å². The number of phenols is 2. The first-order valence-corrected chi connectivity index (χ1v) is 7.15. The van der Waals surface area contributed by atoms with Crippen LogP contribution in [0.2, 0.25) is 0 Å². The van der Waals surface area contributed by atoms with E-state index in [1.165, 1.54) is 36.4 Å². The molecular formula is C14H14O4S. The molecule has 0 bridgehead atoms. The third-order valence-corrected chi connectivity index (χ3v) is 5.06. The predicted molar refractivity (Wildman–Crippen MR) is 71.1 cm³/mol. The summed E-state index contributed by atoms with van der Waals surface area (Å²) < 4.78 is 24.9. The van der Waals surface area contributed by atoms with Crippen molar-refractivity contribution < 1.29 is 18.6 Å². The maximum atomic E-state index is 12.5. The molecule has 0 aromatic heterocycles. The van der Waals surface area contributed by atoms with Gasteiger partial charge in [0, 0.05) is 0 Å². The number of benzene rings is 2. The molecule has 0 aliphatic heterocycles. The van der Waals surface area contributed by atoms with E-state index in [9.17, 15) is 18.6 Å². The van der Waals surface area contributed by atoms with Crippen molar-refractivity contribution in [2.24, 2.45) is 0 Å². The largest absolute Gasteiger partial charge is 0.508 e. The van der Waals surface area contributed by atoms with Crippen molar-refractivity contribution in [1.29, 1.82) is 0 Å². The van der Waals surface area contributed by atoms with Gasteiger partial charge in [-0.25, -0.2) is 8.42 Å². The number of phenolic OH excluding ortho intramolecular Hbond substituents is 2. The highest BCUT2D eigenvalue weighted by Gasteiger charge is 2.21. The molecule has 2 N–H and O–H groups in total. The van der Waals surface area contributed by atoms with Crippen LogP contribution < -0.4 is 0 Å². The van der Waals surface area contributed by atoms with E-state index in [-0.39, 0.29) is 21.3 Å². The lowest BCUT2D eigenvalue weighted by molar-refractivity contribution is 0.469. The highest BCUT2D eigenvalue weighted by Crippen LogP contribution is 2.30. The van der Waals surface area contributed by atoms with Gasteiger partial charge in [-0.2, -0.15) is 0 Å². The summed E-state index contributed by atoms with van der Waals surface area (Å²) in [5.74, 6) is 0.0831. The van der Waals surface area contributed by atoms with E-state index < -0.39 is 9.84 Å². The summed E-state index contributed by atoms with van der Waals surface area (Å²) in [6, 6.07) is 8.12. The SMILES string of the molecule is Cc1c(O)ccc(S(=O)(=O)c2ccc(O)cc2)c1C. The Morgan fingerprint density at radius 3 is 2.00 bits per heavy atom. The van der Waals surface area contributed by atoms with E-state index >= 15 is 0 Å². The minimum atomic E-state index is -3.65. The zero-order chi connectivity index (χ0) is 14.2. The molecule has 0 saturated carbocycles. The molecule has 5 heteroatoms. The molecule has 4 nitrogen and oxygen atoms in total. The topological polar surface area (TPSA) is 74.6 Å². The fraction of sp³-hybridized carbons (Fsp3) is 0.143. The molecule has 100 valence electrons. The normalized spacial score (nSPS) is 11.5. The summed E-state index contributed by atoms with van der Waals surface area (Å²) in [5, 5.41) is 18.8. The molecule has 0 atom stereocenters. The molecule has 0 spiro atoms. The summed E-state index contributed by atoms with van der Waals surface area (Å²) in [6.07, 6.45) is 0. The first-order chi connectivity index (χ1) is 8.84. The fourth-order valence-corrected chi connectivity index (χ4v) is 3.38. The van der Waals surface area contributed by atoms with Crippen LogP contribution in [0.25, 0.3) is 0 Å². The second-order valence-corrected chi connectivity index (χ2v) is 6.25. The lowest BCUT2D eigenvalue weighted by Crippen LogP contribution is -2.05. The molecule has 2 rings (SSSR count). The van der Waals surface area contributed by atoms with Crippen molar-refractivity contribution in [1.82, 2.24) is 0 Å². The molecule has 0 amide bonds. The Morgan fingerprint density at radius 2 is 1.42 bits per heavy atom. The molecule has 0 unspecified atom stereocenters. The lowest BCUT2D eigenvalue weighted by Gasteiger charge is -2.11. The van der Waals surface area contributed by atoms with Crippen molar-refractivity contribution in [2.75, 3.05) is 0 Å². The molecule has 0 aliphatic carbocycles. The molecule has 0 aliphatic rings. The van der Waals surface area contributed by atoms with Gasteiger partial charge in [0.1, 0.15) is 11.5 Å². The molecule has 0 saturated heterocycles. The predicted octanol–water partition coefficient (Wildman–Crippen LogP) is 2.55. The fourth-order valence-electron chi connectivity index (χ4n) is 1.82. The van der Waals surface area contributed by atoms with Crippen LogP contribution in [0.4, 0.5) is 0 Å². The number of sulfone groups is 1. The summed E-state index contributed by atoms with van der Waals surface area (Å²) in [7, 11) is -3.65. The Kier molecular flexibility index (Phi) is 3.24. The Balaban J connectivity index is 2.64. The van der Waals surface area contributed by atoms with Crippen molar-refractivity contribution in [2.45, 2.75) is 23.6 Å². The number of rotatable bonds is 2. The summed E-state index contributed by atoms with van der Waals surface area (Å²) in [4.78, 5) is 0.270.